The number of anilines is 1. The Morgan fingerprint density at radius 3 is 2.75 bits per heavy atom. The second kappa shape index (κ2) is 5.99. The zero-order chi connectivity index (χ0) is 14.8. The second-order valence-corrected chi connectivity index (χ2v) is 6.67. The zero-order valence-electron chi connectivity index (χ0n) is 10.3. The number of halogens is 2. The fourth-order valence-electron chi connectivity index (χ4n) is 1.53. The number of methoxy groups -OCH3 is 1. The minimum atomic E-state index is -3.82. The summed E-state index contributed by atoms with van der Waals surface area (Å²) in [4.78, 5) is 3.89. The molecule has 0 spiro atoms. The number of rotatable bonds is 4. The van der Waals surface area contributed by atoms with Crippen molar-refractivity contribution in [3.8, 4) is 5.75 Å². The van der Waals surface area contributed by atoms with E-state index >= 15 is 0 Å². The number of para-hydroxylation sites is 1. The summed E-state index contributed by atoms with van der Waals surface area (Å²) in [6, 6.07) is 7.83. The highest BCUT2D eigenvalue weighted by molar-refractivity contribution is 9.10. The molecule has 2 aromatic rings. The van der Waals surface area contributed by atoms with Crippen molar-refractivity contribution >= 4 is 43.2 Å². The molecule has 0 bridgehead atoms. The largest absolute Gasteiger partial charge is 0.495 e. The predicted octanol–water partition coefficient (Wildman–Crippen LogP) is 3.31. The Balaban J connectivity index is 2.43. The van der Waals surface area contributed by atoms with E-state index in [1.807, 2.05) is 0 Å². The van der Waals surface area contributed by atoms with Crippen molar-refractivity contribution in [1.82, 2.24) is 4.98 Å². The molecule has 0 unspecified atom stereocenters. The summed E-state index contributed by atoms with van der Waals surface area (Å²) in [7, 11) is -2.41. The standard InChI is InChI=1S/C12H10BrClN2O3S/c1-19-10-4-2-3-5-11(10)20(17,18)16-9-6-8(13)7-15-12(9)14/h2-7,16H,1H3. The van der Waals surface area contributed by atoms with Gasteiger partial charge in [0.2, 0.25) is 0 Å². The Morgan fingerprint density at radius 1 is 1.35 bits per heavy atom. The first kappa shape index (κ1) is 15.1. The lowest BCUT2D eigenvalue weighted by molar-refractivity contribution is 0.403. The molecular weight excluding hydrogens is 368 g/mol. The topological polar surface area (TPSA) is 68.3 Å². The van der Waals surface area contributed by atoms with Gasteiger partial charge in [0.05, 0.1) is 12.8 Å². The normalized spacial score (nSPS) is 11.2. The van der Waals surface area contributed by atoms with Crippen molar-refractivity contribution in [1.29, 1.82) is 0 Å². The molecule has 1 aromatic carbocycles. The molecule has 0 aliphatic carbocycles. The van der Waals surface area contributed by atoms with Crippen LogP contribution < -0.4 is 9.46 Å². The minimum absolute atomic E-state index is 0.0264. The fourth-order valence-corrected chi connectivity index (χ4v) is 3.30. The number of ether oxygens (including phenoxy) is 1. The first-order chi connectivity index (χ1) is 9.44. The molecule has 0 atom stereocenters. The van der Waals surface area contributed by atoms with E-state index in [1.165, 1.54) is 25.4 Å². The van der Waals surface area contributed by atoms with E-state index in [9.17, 15) is 8.42 Å². The van der Waals surface area contributed by atoms with E-state index in [0.29, 0.717) is 4.47 Å². The molecule has 0 amide bonds. The van der Waals surface area contributed by atoms with Gasteiger partial charge in [-0.1, -0.05) is 23.7 Å². The smallest absolute Gasteiger partial charge is 0.265 e. The molecule has 0 saturated carbocycles. The van der Waals surface area contributed by atoms with Gasteiger partial charge in [-0.2, -0.15) is 0 Å². The van der Waals surface area contributed by atoms with Crippen LogP contribution in [0.3, 0.4) is 0 Å². The minimum Gasteiger partial charge on any atom is -0.495 e. The third kappa shape index (κ3) is 3.23. The van der Waals surface area contributed by atoms with Crippen LogP contribution in [0.5, 0.6) is 5.75 Å². The summed E-state index contributed by atoms with van der Waals surface area (Å²) in [6.07, 6.45) is 1.48. The van der Waals surface area contributed by atoms with Crippen molar-refractivity contribution in [2.75, 3.05) is 11.8 Å². The Morgan fingerprint density at radius 2 is 2.05 bits per heavy atom. The number of hydrogen-bond acceptors (Lipinski definition) is 4. The van der Waals surface area contributed by atoms with E-state index in [4.69, 9.17) is 16.3 Å². The van der Waals surface area contributed by atoms with E-state index in [-0.39, 0.29) is 21.5 Å². The molecule has 20 heavy (non-hydrogen) atoms. The number of hydrogen-bond donors (Lipinski definition) is 1. The lowest BCUT2D eigenvalue weighted by Crippen LogP contribution is -2.14. The lowest BCUT2D eigenvalue weighted by atomic mass is 10.3. The molecule has 0 aliphatic heterocycles. The maximum Gasteiger partial charge on any atom is 0.265 e. The SMILES string of the molecule is COc1ccccc1S(=O)(=O)Nc1cc(Br)cnc1Cl. The number of pyridine rings is 1. The third-order valence-corrected chi connectivity index (χ3v) is 4.55. The van der Waals surface area contributed by atoms with Gasteiger partial charge in [0, 0.05) is 10.7 Å². The highest BCUT2D eigenvalue weighted by atomic mass is 79.9. The molecular formula is C12H10BrClN2O3S. The molecule has 0 aliphatic rings. The molecule has 0 saturated heterocycles. The van der Waals surface area contributed by atoms with E-state index in [0.717, 1.165) is 0 Å². The average molecular weight is 378 g/mol. The average Bonchev–Trinajstić information content (AvgIpc) is 2.42. The number of nitrogens with one attached hydrogen (secondary N) is 1. The molecule has 2 rings (SSSR count). The number of sulfonamides is 1. The van der Waals surface area contributed by atoms with Gasteiger partial charge in [-0.05, 0) is 34.1 Å². The Labute approximate surface area is 130 Å². The molecule has 8 heteroatoms. The summed E-state index contributed by atoms with van der Waals surface area (Å²) in [6.45, 7) is 0. The van der Waals surface area contributed by atoms with Gasteiger partial charge >= 0.3 is 0 Å². The predicted molar refractivity (Wildman–Crippen MR) is 80.7 cm³/mol. The van der Waals surface area contributed by atoms with Crippen molar-refractivity contribution in [3.05, 3.63) is 46.2 Å². The van der Waals surface area contributed by atoms with E-state index in [2.05, 4.69) is 25.6 Å². The van der Waals surface area contributed by atoms with Gasteiger partial charge < -0.3 is 4.74 Å². The van der Waals surface area contributed by atoms with Crippen LogP contribution in [-0.4, -0.2) is 20.5 Å². The van der Waals surface area contributed by atoms with E-state index in [1.54, 1.807) is 18.2 Å². The Hall–Kier alpha value is -1.31. The summed E-state index contributed by atoms with van der Waals surface area (Å²) in [5.41, 5.74) is 0.187. The van der Waals surface area contributed by atoms with Crippen LogP contribution in [0.2, 0.25) is 5.15 Å². The van der Waals surface area contributed by atoms with E-state index < -0.39 is 10.0 Å². The Kier molecular flexibility index (Phi) is 4.52. The molecule has 1 N–H and O–H groups in total. The number of aromatic nitrogens is 1. The summed E-state index contributed by atoms with van der Waals surface area (Å²) >= 11 is 9.08. The van der Waals surface area contributed by atoms with Gasteiger partial charge in [-0.3, -0.25) is 4.72 Å². The second-order valence-electron chi connectivity index (χ2n) is 3.75. The maximum atomic E-state index is 12.4. The van der Waals surface area contributed by atoms with Crippen molar-refractivity contribution in [2.45, 2.75) is 4.90 Å². The summed E-state index contributed by atoms with van der Waals surface area (Å²) < 4.78 is 32.7. The lowest BCUT2D eigenvalue weighted by Gasteiger charge is -2.12. The van der Waals surface area contributed by atoms with Gasteiger partial charge in [-0.25, -0.2) is 13.4 Å². The molecule has 5 nitrogen and oxygen atoms in total. The third-order valence-electron chi connectivity index (χ3n) is 2.41. The van der Waals surface area contributed by atoms with Crippen molar-refractivity contribution in [2.24, 2.45) is 0 Å². The van der Waals surface area contributed by atoms with Gasteiger partial charge in [0.25, 0.3) is 10.0 Å². The molecule has 0 fully saturated rings. The monoisotopic (exact) mass is 376 g/mol. The van der Waals surface area contributed by atoms with Crippen LogP contribution in [0.4, 0.5) is 5.69 Å². The van der Waals surface area contributed by atoms with Crippen LogP contribution in [-0.2, 0) is 10.0 Å². The van der Waals surface area contributed by atoms with Crippen LogP contribution in [0, 0.1) is 0 Å². The molecule has 0 radical (unpaired) electrons. The van der Waals surface area contributed by atoms with Crippen LogP contribution in [0.15, 0.2) is 45.9 Å². The van der Waals surface area contributed by atoms with Crippen LogP contribution in [0.1, 0.15) is 0 Å². The van der Waals surface area contributed by atoms with Gasteiger partial charge in [0.15, 0.2) is 5.15 Å². The highest BCUT2D eigenvalue weighted by Crippen LogP contribution is 2.29. The highest BCUT2D eigenvalue weighted by Gasteiger charge is 2.20. The van der Waals surface area contributed by atoms with Crippen molar-refractivity contribution in [3.63, 3.8) is 0 Å². The fraction of sp³-hybridized carbons (Fsp3) is 0.0833. The summed E-state index contributed by atoms with van der Waals surface area (Å²) in [5.74, 6) is 0.249. The first-order valence-corrected chi connectivity index (χ1v) is 8.06. The molecule has 106 valence electrons. The van der Waals surface area contributed by atoms with Crippen LogP contribution >= 0.6 is 27.5 Å². The van der Waals surface area contributed by atoms with Gasteiger partial charge in [0.1, 0.15) is 10.6 Å². The quantitative estimate of drug-likeness (QED) is 0.830. The Bertz CT molecular complexity index is 737. The molecule has 1 heterocycles. The summed E-state index contributed by atoms with van der Waals surface area (Å²) in [5, 5.41) is 0.0617. The van der Waals surface area contributed by atoms with Crippen molar-refractivity contribution < 1.29 is 13.2 Å². The number of nitrogens with zero attached hydrogens (tertiary/aromatic N) is 1. The van der Waals surface area contributed by atoms with Crippen LogP contribution in [0.25, 0.3) is 0 Å². The number of benzene rings is 1. The molecule has 1 aromatic heterocycles. The maximum absolute atomic E-state index is 12.4. The zero-order valence-corrected chi connectivity index (χ0v) is 13.5. The van der Waals surface area contributed by atoms with Gasteiger partial charge in [-0.15, -0.1) is 0 Å². The first-order valence-electron chi connectivity index (χ1n) is 5.41.